The third-order valence-electron chi connectivity index (χ3n) is 3.71. The van der Waals surface area contributed by atoms with Gasteiger partial charge in [-0.15, -0.1) is 0 Å². The summed E-state index contributed by atoms with van der Waals surface area (Å²) in [6.07, 6.45) is 1.23. The van der Waals surface area contributed by atoms with E-state index in [0.29, 0.717) is 34.5 Å². The standard InChI is InChI=1S/C17H17N5OS/c1-2-6-24-17-20-15(19)13-8-14(23)22(16(13)21-17)10-12-5-3-4-11(7-12)9-18/h3-5,7H,2,6,8,10H2,1H3,(H2,19,20,21). The first-order valence-corrected chi connectivity index (χ1v) is 8.69. The molecule has 6 nitrogen and oxygen atoms in total. The Morgan fingerprint density at radius 3 is 3.00 bits per heavy atom. The predicted molar refractivity (Wildman–Crippen MR) is 93.5 cm³/mol. The van der Waals surface area contributed by atoms with Crippen molar-refractivity contribution >= 4 is 29.3 Å². The number of anilines is 2. The van der Waals surface area contributed by atoms with Crippen LogP contribution in [0.25, 0.3) is 0 Å². The Kier molecular flexibility index (Phi) is 4.67. The van der Waals surface area contributed by atoms with Crippen LogP contribution in [-0.2, 0) is 17.8 Å². The van der Waals surface area contributed by atoms with Crippen molar-refractivity contribution < 1.29 is 4.79 Å². The lowest BCUT2D eigenvalue weighted by molar-refractivity contribution is -0.117. The van der Waals surface area contributed by atoms with Gasteiger partial charge in [0.15, 0.2) is 5.16 Å². The maximum atomic E-state index is 12.4. The maximum Gasteiger partial charge on any atom is 0.233 e. The van der Waals surface area contributed by atoms with Gasteiger partial charge >= 0.3 is 0 Å². The van der Waals surface area contributed by atoms with Gasteiger partial charge in [-0.05, 0) is 24.1 Å². The number of fused-ring (bicyclic) bond motifs is 1. The molecule has 1 amide bonds. The molecule has 1 aromatic carbocycles. The molecule has 1 aromatic heterocycles. The van der Waals surface area contributed by atoms with Crippen LogP contribution in [0.15, 0.2) is 29.4 Å². The molecule has 0 saturated carbocycles. The highest BCUT2D eigenvalue weighted by Gasteiger charge is 2.32. The molecular formula is C17H17N5OS. The van der Waals surface area contributed by atoms with Gasteiger partial charge in [0.1, 0.15) is 11.6 Å². The number of carbonyl (C=O) groups excluding carboxylic acids is 1. The number of carbonyl (C=O) groups is 1. The Hall–Kier alpha value is -2.59. The van der Waals surface area contributed by atoms with Crippen LogP contribution < -0.4 is 10.6 Å². The largest absolute Gasteiger partial charge is 0.383 e. The van der Waals surface area contributed by atoms with Crippen molar-refractivity contribution in [3.63, 3.8) is 0 Å². The number of nitrogens with zero attached hydrogens (tertiary/aromatic N) is 4. The van der Waals surface area contributed by atoms with Gasteiger partial charge in [0, 0.05) is 11.3 Å². The highest BCUT2D eigenvalue weighted by atomic mass is 32.2. The molecule has 0 atom stereocenters. The van der Waals surface area contributed by atoms with E-state index in [-0.39, 0.29) is 12.3 Å². The number of hydrogen-bond acceptors (Lipinski definition) is 6. The fourth-order valence-corrected chi connectivity index (χ4v) is 3.27. The van der Waals surface area contributed by atoms with Crippen LogP contribution >= 0.6 is 11.8 Å². The Balaban J connectivity index is 1.92. The first-order chi connectivity index (χ1) is 11.6. The van der Waals surface area contributed by atoms with Gasteiger partial charge in [-0.1, -0.05) is 30.8 Å². The molecule has 0 radical (unpaired) electrons. The lowest BCUT2D eigenvalue weighted by Crippen LogP contribution is -2.26. The van der Waals surface area contributed by atoms with E-state index >= 15 is 0 Å². The highest BCUT2D eigenvalue weighted by molar-refractivity contribution is 7.99. The summed E-state index contributed by atoms with van der Waals surface area (Å²) in [6.45, 7) is 2.46. The number of amides is 1. The summed E-state index contributed by atoms with van der Waals surface area (Å²) in [4.78, 5) is 22.9. The number of thioether (sulfide) groups is 1. The van der Waals surface area contributed by atoms with E-state index in [1.54, 1.807) is 17.0 Å². The first kappa shape index (κ1) is 16.3. The molecule has 0 spiro atoms. The quantitative estimate of drug-likeness (QED) is 0.664. The highest BCUT2D eigenvalue weighted by Crippen LogP contribution is 2.33. The zero-order valence-electron chi connectivity index (χ0n) is 13.3. The summed E-state index contributed by atoms with van der Waals surface area (Å²) in [5.74, 6) is 1.82. The molecule has 7 heteroatoms. The van der Waals surface area contributed by atoms with Gasteiger partial charge < -0.3 is 5.73 Å². The van der Waals surface area contributed by atoms with Gasteiger partial charge in [0.2, 0.25) is 5.91 Å². The first-order valence-electron chi connectivity index (χ1n) is 7.71. The van der Waals surface area contributed by atoms with Gasteiger partial charge in [0.05, 0.1) is 24.6 Å². The van der Waals surface area contributed by atoms with Gasteiger partial charge in [-0.2, -0.15) is 5.26 Å². The van der Waals surface area contributed by atoms with Crippen LogP contribution in [0.3, 0.4) is 0 Å². The third-order valence-corrected chi connectivity index (χ3v) is 4.77. The van der Waals surface area contributed by atoms with E-state index in [1.165, 1.54) is 11.8 Å². The summed E-state index contributed by atoms with van der Waals surface area (Å²) >= 11 is 1.53. The number of nitrogens with two attached hydrogens (primary N) is 1. The molecule has 0 saturated heterocycles. The van der Waals surface area contributed by atoms with Crippen molar-refractivity contribution in [3.8, 4) is 6.07 Å². The monoisotopic (exact) mass is 339 g/mol. The second kappa shape index (κ2) is 6.89. The predicted octanol–water partition coefficient (Wildman–Crippen LogP) is 2.52. The fraction of sp³-hybridized carbons (Fsp3) is 0.294. The molecule has 0 fully saturated rings. The van der Waals surface area contributed by atoms with Crippen LogP contribution in [0, 0.1) is 11.3 Å². The number of nitrogen functional groups attached to an aromatic ring is 1. The summed E-state index contributed by atoms with van der Waals surface area (Å²) < 4.78 is 0. The molecule has 0 aliphatic carbocycles. The number of aromatic nitrogens is 2. The average Bonchev–Trinajstić information content (AvgIpc) is 2.90. The molecular weight excluding hydrogens is 322 g/mol. The van der Waals surface area contributed by atoms with Crippen molar-refractivity contribution in [1.82, 2.24) is 9.97 Å². The SMILES string of the molecule is CCCSc1nc(N)c2c(n1)N(Cc1cccc(C#N)c1)C(=O)C2. The Morgan fingerprint density at radius 1 is 1.42 bits per heavy atom. The second-order valence-corrected chi connectivity index (χ2v) is 6.57. The van der Waals surface area contributed by atoms with E-state index in [4.69, 9.17) is 11.0 Å². The molecule has 1 aliphatic rings. The molecule has 122 valence electrons. The molecule has 2 aromatic rings. The number of rotatable bonds is 5. The smallest absolute Gasteiger partial charge is 0.233 e. The Morgan fingerprint density at radius 2 is 2.25 bits per heavy atom. The van der Waals surface area contributed by atoms with Crippen molar-refractivity contribution in [2.45, 2.75) is 31.5 Å². The number of hydrogen-bond donors (Lipinski definition) is 1. The molecule has 24 heavy (non-hydrogen) atoms. The van der Waals surface area contributed by atoms with Crippen molar-refractivity contribution in [1.29, 1.82) is 5.26 Å². The summed E-state index contributed by atoms with van der Waals surface area (Å²) in [6, 6.07) is 9.33. The molecule has 2 heterocycles. The Labute approximate surface area is 144 Å². The minimum Gasteiger partial charge on any atom is -0.383 e. The maximum absolute atomic E-state index is 12.4. The minimum atomic E-state index is -0.0500. The molecule has 1 aliphatic heterocycles. The molecule has 0 unspecified atom stereocenters. The van der Waals surface area contributed by atoms with Gasteiger partial charge in [0.25, 0.3) is 0 Å². The van der Waals surface area contributed by atoms with Crippen molar-refractivity contribution in [3.05, 3.63) is 41.0 Å². The second-order valence-electron chi connectivity index (χ2n) is 5.51. The van der Waals surface area contributed by atoms with Crippen LogP contribution in [0.1, 0.15) is 30.0 Å². The molecule has 2 N–H and O–H groups in total. The van der Waals surface area contributed by atoms with Crippen LogP contribution in [0.5, 0.6) is 0 Å². The molecule has 3 rings (SSSR count). The third kappa shape index (κ3) is 3.19. The number of nitriles is 1. The normalized spacial score (nSPS) is 13.0. The van der Waals surface area contributed by atoms with E-state index in [0.717, 1.165) is 17.7 Å². The van der Waals surface area contributed by atoms with E-state index in [1.807, 2.05) is 12.1 Å². The van der Waals surface area contributed by atoms with Crippen LogP contribution in [-0.4, -0.2) is 21.6 Å². The van der Waals surface area contributed by atoms with E-state index in [2.05, 4.69) is 23.0 Å². The van der Waals surface area contributed by atoms with Crippen molar-refractivity contribution in [2.24, 2.45) is 0 Å². The zero-order valence-corrected chi connectivity index (χ0v) is 14.1. The van der Waals surface area contributed by atoms with Gasteiger partial charge in [-0.3, -0.25) is 9.69 Å². The topological polar surface area (TPSA) is 95.9 Å². The van der Waals surface area contributed by atoms with Gasteiger partial charge in [-0.25, -0.2) is 9.97 Å². The molecule has 0 bridgehead atoms. The van der Waals surface area contributed by atoms with Crippen molar-refractivity contribution in [2.75, 3.05) is 16.4 Å². The average molecular weight is 339 g/mol. The fourth-order valence-electron chi connectivity index (χ4n) is 2.57. The lowest BCUT2D eigenvalue weighted by Gasteiger charge is -2.17. The zero-order chi connectivity index (χ0) is 17.1. The van der Waals surface area contributed by atoms with E-state index < -0.39 is 0 Å². The van der Waals surface area contributed by atoms with Crippen LogP contribution in [0.2, 0.25) is 0 Å². The summed E-state index contributed by atoms with van der Waals surface area (Å²) in [5, 5.41) is 9.61. The summed E-state index contributed by atoms with van der Waals surface area (Å²) in [7, 11) is 0. The minimum absolute atomic E-state index is 0.0500. The number of benzene rings is 1. The lowest BCUT2D eigenvalue weighted by atomic mass is 10.1. The van der Waals surface area contributed by atoms with E-state index in [9.17, 15) is 4.79 Å². The van der Waals surface area contributed by atoms with Crippen LogP contribution in [0.4, 0.5) is 11.6 Å². The summed E-state index contributed by atoms with van der Waals surface area (Å²) in [5.41, 5.74) is 8.17. The Bertz CT molecular complexity index is 830.